The van der Waals surface area contributed by atoms with Crippen molar-refractivity contribution in [1.29, 1.82) is 0 Å². The quantitative estimate of drug-likeness (QED) is 0.460. The molecule has 0 saturated heterocycles. The first-order chi connectivity index (χ1) is 10.9. The first kappa shape index (κ1) is 20.7. The van der Waals surface area contributed by atoms with E-state index in [1.807, 2.05) is 25.3 Å². The van der Waals surface area contributed by atoms with Crippen molar-refractivity contribution >= 4 is 44.0 Å². The van der Waals surface area contributed by atoms with Crippen LogP contribution in [0.2, 0.25) is 0 Å². The maximum atomic E-state index is 10.3. The third kappa shape index (κ3) is 6.21. The minimum atomic E-state index is -0.556. The zero-order valence-electron chi connectivity index (χ0n) is 13.6. The zero-order valence-corrected chi connectivity index (χ0v) is 17.7. The number of halogens is 2. The second-order valence-corrected chi connectivity index (χ2v) is 8.97. The molecule has 0 radical (unpaired) electrons. The molecule has 0 aliphatic rings. The molecule has 0 amide bonds. The Balaban J connectivity index is 0.000000816. The van der Waals surface area contributed by atoms with Crippen LogP contribution in [0.5, 0.6) is 5.75 Å². The molecule has 0 saturated carbocycles. The van der Waals surface area contributed by atoms with Gasteiger partial charge in [-0.05, 0) is 48.8 Å². The van der Waals surface area contributed by atoms with Crippen molar-refractivity contribution in [1.82, 2.24) is 0 Å². The van der Waals surface area contributed by atoms with Gasteiger partial charge in [-0.1, -0.05) is 32.8 Å². The number of aromatic hydroxyl groups is 1. The van der Waals surface area contributed by atoms with Gasteiger partial charge in [0.2, 0.25) is 0 Å². The molecule has 0 aromatic heterocycles. The molecule has 2 rings (SSSR count). The van der Waals surface area contributed by atoms with Crippen molar-refractivity contribution in [2.45, 2.75) is 20.8 Å². The van der Waals surface area contributed by atoms with Gasteiger partial charge in [0.05, 0.1) is 0 Å². The summed E-state index contributed by atoms with van der Waals surface area (Å²) in [5.41, 5.74) is 4.48. The average molecular weight is 404 g/mol. The maximum absolute atomic E-state index is 10.3. The first-order valence-electron chi connectivity index (χ1n) is 6.99. The SMILES string of the molecule is CN=Cc1cccc(C)c1Pc1cc(C)cc(C)c1O.[Cl][Ti][Cl]. The molecule has 122 valence electrons. The molecule has 2 nitrogen and oxygen atoms in total. The van der Waals surface area contributed by atoms with Crippen LogP contribution in [-0.4, -0.2) is 18.4 Å². The normalized spacial score (nSPS) is 10.9. The molecule has 23 heavy (non-hydrogen) atoms. The van der Waals surface area contributed by atoms with Crippen molar-refractivity contribution in [3.05, 3.63) is 52.6 Å². The monoisotopic (exact) mass is 403 g/mol. The van der Waals surface area contributed by atoms with E-state index in [2.05, 4.69) is 37.0 Å². The Morgan fingerprint density at radius 3 is 2.39 bits per heavy atom. The van der Waals surface area contributed by atoms with Crippen LogP contribution in [0, 0.1) is 20.8 Å². The molecular weight excluding hydrogens is 384 g/mol. The number of aryl methyl sites for hydroxylation is 3. The van der Waals surface area contributed by atoms with E-state index in [1.165, 1.54) is 16.4 Å². The van der Waals surface area contributed by atoms with Gasteiger partial charge in [0, 0.05) is 24.1 Å². The number of rotatable bonds is 3. The van der Waals surface area contributed by atoms with E-state index < -0.39 is 17.0 Å². The fourth-order valence-electron chi connectivity index (χ4n) is 2.30. The number of benzene rings is 2. The van der Waals surface area contributed by atoms with Crippen LogP contribution in [0.25, 0.3) is 0 Å². The van der Waals surface area contributed by atoms with Crippen LogP contribution in [0.15, 0.2) is 35.3 Å². The van der Waals surface area contributed by atoms with Crippen LogP contribution < -0.4 is 10.6 Å². The number of aliphatic imine (C=N–C) groups is 1. The summed E-state index contributed by atoms with van der Waals surface area (Å²) in [6.45, 7) is 6.12. The van der Waals surface area contributed by atoms with Gasteiger partial charge in [-0.15, -0.1) is 0 Å². The number of phenols is 1. The molecular formula is C17H20Cl2NOPTi. The molecule has 0 spiro atoms. The van der Waals surface area contributed by atoms with Crippen molar-refractivity contribution in [2.24, 2.45) is 4.99 Å². The van der Waals surface area contributed by atoms with Crippen LogP contribution >= 0.6 is 27.2 Å². The zero-order chi connectivity index (χ0) is 17.4. The van der Waals surface area contributed by atoms with Gasteiger partial charge in [-0.3, -0.25) is 4.99 Å². The number of nitrogens with zero attached hydrogens (tertiary/aromatic N) is 1. The second kappa shape index (κ2) is 10.5. The Kier molecular flexibility index (Phi) is 9.43. The molecule has 6 heteroatoms. The average Bonchev–Trinajstić information content (AvgIpc) is 2.48. The number of phenolic OH excluding ortho intramolecular Hbond substituents is 1. The Morgan fingerprint density at radius 1 is 1.13 bits per heavy atom. The van der Waals surface area contributed by atoms with E-state index >= 15 is 0 Å². The van der Waals surface area contributed by atoms with E-state index in [0.29, 0.717) is 14.3 Å². The van der Waals surface area contributed by atoms with Gasteiger partial charge in [0.1, 0.15) is 5.75 Å². The van der Waals surface area contributed by atoms with E-state index in [1.54, 1.807) is 7.05 Å². The van der Waals surface area contributed by atoms with Crippen molar-refractivity contribution in [3.63, 3.8) is 0 Å². The van der Waals surface area contributed by atoms with Gasteiger partial charge >= 0.3 is 35.6 Å². The molecule has 0 aliphatic carbocycles. The topological polar surface area (TPSA) is 32.6 Å². The van der Waals surface area contributed by atoms with Gasteiger partial charge in [0.25, 0.3) is 0 Å². The summed E-state index contributed by atoms with van der Waals surface area (Å²) in [5, 5.41) is 12.5. The Bertz CT molecular complexity index is 693. The predicted molar refractivity (Wildman–Crippen MR) is 102 cm³/mol. The summed E-state index contributed by atoms with van der Waals surface area (Å²) >= 11 is -0.556. The third-order valence-corrected chi connectivity index (χ3v) is 4.86. The van der Waals surface area contributed by atoms with Crippen LogP contribution in [-0.2, 0) is 17.0 Å². The summed E-state index contributed by atoms with van der Waals surface area (Å²) in [6, 6.07) is 10.3. The fourth-order valence-corrected chi connectivity index (χ4v) is 3.76. The summed E-state index contributed by atoms with van der Waals surface area (Å²) < 4.78 is 0. The Hall–Kier alpha value is -0.366. The fraction of sp³-hybridized carbons (Fsp3) is 0.235. The molecule has 0 heterocycles. The molecule has 1 atom stereocenters. The van der Waals surface area contributed by atoms with E-state index in [9.17, 15) is 5.11 Å². The van der Waals surface area contributed by atoms with Crippen LogP contribution in [0.3, 0.4) is 0 Å². The summed E-state index contributed by atoms with van der Waals surface area (Å²) in [5.74, 6) is 0.413. The van der Waals surface area contributed by atoms with E-state index in [0.717, 1.165) is 16.4 Å². The van der Waals surface area contributed by atoms with Crippen molar-refractivity contribution in [3.8, 4) is 5.75 Å². The summed E-state index contributed by atoms with van der Waals surface area (Å²) in [7, 11) is 12.0. The van der Waals surface area contributed by atoms with Crippen LogP contribution in [0.4, 0.5) is 0 Å². The van der Waals surface area contributed by atoms with Gasteiger partial charge in [0.15, 0.2) is 0 Å². The van der Waals surface area contributed by atoms with Gasteiger partial charge in [-0.25, -0.2) is 0 Å². The Labute approximate surface area is 156 Å². The summed E-state index contributed by atoms with van der Waals surface area (Å²) in [4.78, 5) is 4.12. The minimum absolute atomic E-state index is 0.413. The molecule has 1 unspecified atom stereocenters. The van der Waals surface area contributed by atoms with Gasteiger partial charge < -0.3 is 5.11 Å². The molecule has 0 fully saturated rings. The molecule has 2 aromatic carbocycles. The third-order valence-electron chi connectivity index (χ3n) is 3.28. The van der Waals surface area contributed by atoms with Crippen molar-refractivity contribution < 1.29 is 22.1 Å². The number of hydrogen-bond acceptors (Lipinski definition) is 2. The molecule has 1 N–H and O–H groups in total. The second-order valence-electron chi connectivity index (χ2n) is 5.10. The number of hydrogen-bond donors (Lipinski definition) is 1. The molecule has 0 aliphatic heterocycles. The molecule has 2 aromatic rings. The predicted octanol–water partition coefficient (Wildman–Crippen LogP) is 4.37. The Morgan fingerprint density at radius 2 is 1.78 bits per heavy atom. The first-order valence-corrected chi connectivity index (χ1v) is 12.3. The molecule has 0 bridgehead atoms. The van der Waals surface area contributed by atoms with E-state index in [4.69, 9.17) is 18.6 Å². The van der Waals surface area contributed by atoms with E-state index in [-0.39, 0.29) is 0 Å². The summed E-state index contributed by atoms with van der Waals surface area (Å²) in [6.07, 6.45) is 1.88. The standard InChI is InChI=1S/C17H20NOP.2ClH.Ti/c1-11-8-13(3)16(19)15(9-11)20-17-12(2)6-5-7-14(17)10-18-4;;;/h5-10,19-20H,1-4H3;2*1H;/q;;;+2/p-2. The van der Waals surface area contributed by atoms with Gasteiger partial charge in [-0.2, -0.15) is 0 Å². The van der Waals surface area contributed by atoms with Crippen molar-refractivity contribution in [2.75, 3.05) is 7.05 Å². The van der Waals surface area contributed by atoms with Crippen LogP contribution in [0.1, 0.15) is 22.3 Å².